The van der Waals surface area contributed by atoms with Gasteiger partial charge in [-0.25, -0.2) is 0 Å². The van der Waals surface area contributed by atoms with Crippen molar-refractivity contribution < 1.29 is 120 Å². The van der Waals surface area contributed by atoms with Gasteiger partial charge in [-0.1, -0.05) is 0 Å². The summed E-state index contributed by atoms with van der Waals surface area (Å²) in [6, 6.07) is 0. The van der Waals surface area contributed by atoms with Crippen LogP contribution in [0.15, 0.2) is 0 Å². The van der Waals surface area contributed by atoms with Gasteiger partial charge in [0.1, 0.15) is 0 Å². The summed E-state index contributed by atoms with van der Waals surface area (Å²) in [5.41, 5.74) is 0. The maximum absolute atomic E-state index is 8.52. The Labute approximate surface area is 150 Å². The third kappa shape index (κ3) is 2220. The minimum absolute atomic E-state index is 0. The van der Waals surface area contributed by atoms with Crippen molar-refractivity contribution in [1.82, 2.24) is 0 Å². The van der Waals surface area contributed by atoms with Gasteiger partial charge in [0.05, 0.1) is 0 Å². The molecule has 0 saturated carbocycles. The molecular weight excluding hydrogens is 518 g/mol. The van der Waals surface area contributed by atoms with Crippen molar-refractivity contribution in [2.24, 2.45) is 0 Å². The maximum Gasteiger partial charge on any atom is 3.00 e. The van der Waals surface area contributed by atoms with E-state index >= 15 is 0 Å². The fraction of sp³-hybridized carbons (Fsp3) is 0. The molecular formula is Co2Fe2O12S3. The summed E-state index contributed by atoms with van der Waals surface area (Å²) >= 11 is 0. The molecule has 0 spiro atoms. The third-order valence-corrected chi connectivity index (χ3v) is 0. The first-order valence-electron chi connectivity index (χ1n) is 2.00. The Morgan fingerprint density at radius 1 is 0.421 bits per heavy atom. The predicted molar refractivity (Wildman–Crippen MR) is 31.4 cm³/mol. The van der Waals surface area contributed by atoms with Crippen molar-refractivity contribution in [3.8, 4) is 0 Å². The molecule has 0 aliphatic carbocycles. The van der Waals surface area contributed by atoms with Crippen LogP contribution in [0.4, 0.5) is 0 Å². The molecule has 0 rings (SSSR count). The number of hydrogen-bond acceptors (Lipinski definition) is 12. The van der Waals surface area contributed by atoms with E-state index in [0.29, 0.717) is 0 Å². The van der Waals surface area contributed by atoms with E-state index in [1.807, 2.05) is 0 Å². The van der Waals surface area contributed by atoms with Crippen LogP contribution in [0.5, 0.6) is 0 Å². The minimum atomic E-state index is -5.17. The van der Waals surface area contributed by atoms with Crippen molar-refractivity contribution in [2.75, 3.05) is 0 Å². The monoisotopic (exact) mass is 518 g/mol. The first kappa shape index (κ1) is 42.8. The summed E-state index contributed by atoms with van der Waals surface area (Å²) in [7, 11) is -15.5. The Hall–Kier alpha value is 1.66. The Balaban J connectivity index is -0.0000000206. The average molecular weight is 518 g/mol. The van der Waals surface area contributed by atoms with Crippen LogP contribution in [0, 0.1) is 0 Å². The molecule has 0 aliphatic heterocycles. The van der Waals surface area contributed by atoms with Crippen molar-refractivity contribution >= 4 is 31.2 Å². The zero-order chi connectivity index (χ0) is 13.5. The first-order valence-corrected chi connectivity index (χ1v) is 6.00. The normalized spacial score (nSPS) is 9.16. The molecule has 19 heteroatoms. The molecule has 0 unspecified atom stereocenters. The molecule has 0 aromatic carbocycles. The summed E-state index contributed by atoms with van der Waals surface area (Å²) < 4.78 is 102. The molecule has 0 bridgehead atoms. The quantitative estimate of drug-likeness (QED) is 0.169. The second-order valence-electron chi connectivity index (χ2n) is 1.22. The van der Waals surface area contributed by atoms with E-state index in [1.54, 1.807) is 0 Å². The minimum Gasteiger partial charge on any atom is -0.759 e. The molecule has 0 aliphatic rings. The van der Waals surface area contributed by atoms with Gasteiger partial charge in [0.15, 0.2) is 0 Å². The summed E-state index contributed by atoms with van der Waals surface area (Å²) in [5.74, 6) is 0. The van der Waals surface area contributed by atoms with E-state index in [1.165, 1.54) is 0 Å². The van der Waals surface area contributed by atoms with Crippen LogP contribution in [0.3, 0.4) is 0 Å². The predicted octanol–water partition coefficient (Wildman–Crippen LogP) is -4.02. The van der Waals surface area contributed by atoms with Gasteiger partial charge in [-0.2, -0.15) is 0 Å². The van der Waals surface area contributed by atoms with Crippen molar-refractivity contribution in [3.63, 3.8) is 0 Å². The van der Waals surface area contributed by atoms with Crippen LogP contribution in [0.2, 0.25) is 0 Å². The third-order valence-electron chi connectivity index (χ3n) is 0. The van der Waals surface area contributed by atoms with E-state index < -0.39 is 31.2 Å². The van der Waals surface area contributed by atoms with Gasteiger partial charge in [0.2, 0.25) is 0 Å². The van der Waals surface area contributed by atoms with Crippen LogP contribution in [0.25, 0.3) is 0 Å². The largest absolute Gasteiger partial charge is 3.00 e. The van der Waals surface area contributed by atoms with Gasteiger partial charge in [-0.3, -0.25) is 25.3 Å². The Morgan fingerprint density at radius 3 is 0.421 bits per heavy atom. The molecule has 0 fully saturated rings. The van der Waals surface area contributed by atoms with E-state index in [2.05, 4.69) is 0 Å². The molecule has 0 heterocycles. The maximum atomic E-state index is 8.52. The van der Waals surface area contributed by atoms with Gasteiger partial charge >= 0.3 is 34.1 Å². The van der Waals surface area contributed by atoms with E-state index in [0.717, 1.165) is 0 Å². The van der Waals surface area contributed by atoms with Gasteiger partial charge in [-0.05, 0) is 0 Å². The number of rotatable bonds is 0. The average Bonchev–Trinajstić information content (AvgIpc) is 1.41. The molecule has 124 valence electrons. The fourth-order valence-electron chi connectivity index (χ4n) is 0. The molecule has 12 nitrogen and oxygen atoms in total. The van der Waals surface area contributed by atoms with E-state index in [9.17, 15) is 0 Å². The van der Waals surface area contributed by atoms with Gasteiger partial charge in [0.25, 0.3) is 0 Å². The Morgan fingerprint density at radius 2 is 0.421 bits per heavy atom. The van der Waals surface area contributed by atoms with E-state index in [-0.39, 0.29) is 67.7 Å². The SMILES string of the molecule is O=S(=O)([O-])[O-].O=S(=O)([O-])[O-].O=S(=O)([O-])[O-].[Co].[Co].[Fe+3].[Fe+3]. The van der Waals surface area contributed by atoms with Crippen molar-refractivity contribution in [1.29, 1.82) is 0 Å². The van der Waals surface area contributed by atoms with Crippen LogP contribution in [0.1, 0.15) is 0 Å². The fourth-order valence-corrected chi connectivity index (χ4v) is 0. The molecule has 0 aromatic rings. The Kier molecular flexibility index (Phi) is 39.9. The molecule has 4 radical (unpaired) electrons. The van der Waals surface area contributed by atoms with Gasteiger partial charge < -0.3 is 27.3 Å². The summed E-state index contributed by atoms with van der Waals surface area (Å²) in [5, 5.41) is 0. The molecule has 0 saturated heterocycles. The van der Waals surface area contributed by atoms with Crippen LogP contribution >= 0.6 is 0 Å². The van der Waals surface area contributed by atoms with Crippen LogP contribution < -0.4 is 0 Å². The van der Waals surface area contributed by atoms with E-state index in [4.69, 9.17) is 52.6 Å². The molecule has 0 amide bonds. The first-order chi connectivity index (χ1) is 6.00. The van der Waals surface area contributed by atoms with Crippen LogP contribution in [-0.2, 0) is 98.9 Å². The zero-order valence-electron chi connectivity index (χ0n) is 7.50. The van der Waals surface area contributed by atoms with Crippen LogP contribution in [-0.4, -0.2) is 52.6 Å². The number of hydrogen-bond donors (Lipinski definition) is 0. The summed E-state index contributed by atoms with van der Waals surface area (Å²) in [6.45, 7) is 0. The van der Waals surface area contributed by atoms with Gasteiger partial charge in [-0.15, -0.1) is 0 Å². The topological polar surface area (TPSA) is 241 Å². The zero-order valence-corrected chi connectivity index (χ0v) is 14.2. The molecule has 0 aromatic heterocycles. The van der Waals surface area contributed by atoms with Gasteiger partial charge in [0, 0.05) is 64.8 Å². The summed E-state index contributed by atoms with van der Waals surface area (Å²) in [4.78, 5) is 0. The van der Waals surface area contributed by atoms with Crippen molar-refractivity contribution in [2.45, 2.75) is 0 Å². The van der Waals surface area contributed by atoms with Crippen molar-refractivity contribution in [3.05, 3.63) is 0 Å². The second-order valence-corrected chi connectivity index (χ2v) is 3.67. The smallest absolute Gasteiger partial charge is 0.759 e. The molecule has 0 N–H and O–H groups in total. The molecule has 19 heavy (non-hydrogen) atoms. The second kappa shape index (κ2) is 17.7. The summed E-state index contributed by atoms with van der Waals surface area (Å²) in [6.07, 6.45) is 0. The molecule has 0 atom stereocenters. The Bertz CT molecular complexity index is 350. The standard InChI is InChI=1S/2Co.2Fe.3H2O4S/c;;;;3*1-5(2,3)4/h;;;;3*(H2,1,2,3,4)/q;;2*+3;;;/p-6.